The molecule has 1 amide bonds. The second-order valence-corrected chi connectivity index (χ2v) is 5.48. The Hall–Kier alpha value is -0.870. The number of halogens is 1. The summed E-state index contributed by atoms with van der Waals surface area (Å²) >= 11 is 3.44. The van der Waals surface area contributed by atoms with Gasteiger partial charge in [0.25, 0.3) is 5.91 Å². The second-order valence-electron chi connectivity index (χ2n) is 4.57. The van der Waals surface area contributed by atoms with E-state index in [1.54, 1.807) is 0 Å². The minimum Gasteiger partial charge on any atom is -0.333 e. The van der Waals surface area contributed by atoms with Crippen LogP contribution in [0, 0.1) is 6.92 Å². The lowest BCUT2D eigenvalue weighted by Crippen LogP contribution is -2.52. The van der Waals surface area contributed by atoms with Gasteiger partial charge in [-0.2, -0.15) is 0 Å². The summed E-state index contributed by atoms with van der Waals surface area (Å²) in [6, 6.07) is 6.11. The first-order chi connectivity index (χ1) is 8.08. The summed E-state index contributed by atoms with van der Waals surface area (Å²) in [5.41, 5.74) is 1.87. The summed E-state index contributed by atoms with van der Waals surface area (Å²) in [6.45, 7) is 6.62. The van der Waals surface area contributed by atoms with Gasteiger partial charge in [-0.05, 0) is 37.6 Å². The standard InChI is InChI=1S/C13H17BrN2O/c1-9-5-11(7-12(14)6-9)13(17)16-4-3-15-8-10(16)2/h5-7,10,15H,3-4,8H2,1-2H3/t10-/m1/s1. The van der Waals surface area contributed by atoms with Crippen LogP contribution in [0.2, 0.25) is 0 Å². The topological polar surface area (TPSA) is 32.3 Å². The zero-order chi connectivity index (χ0) is 12.4. The van der Waals surface area contributed by atoms with Gasteiger partial charge in [0, 0.05) is 35.7 Å². The molecule has 1 heterocycles. The minimum absolute atomic E-state index is 0.128. The van der Waals surface area contributed by atoms with E-state index in [4.69, 9.17) is 0 Å². The summed E-state index contributed by atoms with van der Waals surface area (Å²) < 4.78 is 0.962. The van der Waals surface area contributed by atoms with Crippen LogP contribution in [0.25, 0.3) is 0 Å². The zero-order valence-electron chi connectivity index (χ0n) is 10.2. The Morgan fingerprint density at radius 2 is 2.24 bits per heavy atom. The molecule has 1 aliphatic rings. The summed E-state index contributed by atoms with van der Waals surface area (Å²) in [7, 11) is 0. The molecule has 2 rings (SSSR count). The monoisotopic (exact) mass is 296 g/mol. The highest BCUT2D eigenvalue weighted by molar-refractivity contribution is 9.10. The van der Waals surface area contributed by atoms with E-state index in [9.17, 15) is 4.79 Å². The van der Waals surface area contributed by atoms with Crippen LogP contribution in [0.1, 0.15) is 22.8 Å². The first-order valence-electron chi connectivity index (χ1n) is 5.87. The van der Waals surface area contributed by atoms with Gasteiger partial charge < -0.3 is 10.2 Å². The van der Waals surface area contributed by atoms with Crippen molar-refractivity contribution in [2.24, 2.45) is 0 Å². The summed E-state index contributed by atoms with van der Waals surface area (Å²) in [5, 5.41) is 3.29. The van der Waals surface area contributed by atoms with Crippen molar-refractivity contribution in [1.29, 1.82) is 0 Å². The van der Waals surface area contributed by atoms with Gasteiger partial charge in [0.1, 0.15) is 0 Å². The van der Waals surface area contributed by atoms with Crippen LogP contribution in [0.3, 0.4) is 0 Å². The Kier molecular flexibility index (Phi) is 3.84. The number of piperazine rings is 1. The van der Waals surface area contributed by atoms with Crippen molar-refractivity contribution >= 4 is 21.8 Å². The lowest BCUT2D eigenvalue weighted by molar-refractivity contribution is 0.0655. The maximum Gasteiger partial charge on any atom is 0.254 e. The fourth-order valence-corrected chi connectivity index (χ4v) is 2.78. The van der Waals surface area contributed by atoms with Crippen molar-refractivity contribution in [3.63, 3.8) is 0 Å². The van der Waals surface area contributed by atoms with E-state index in [1.165, 1.54) is 0 Å². The average molecular weight is 297 g/mol. The molecule has 4 heteroatoms. The maximum absolute atomic E-state index is 12.4. The van der Waals surface area contributed by atoms with Gasteiger partial charge in [0.05, 0.1) is 0 Å². The number of carbonyl (C=O) groups excluding carboxylic acids is 1. The van der Waals surface area contributed by atoms with Crippen LogP contribution < -0.4 is 5.32 Å². The van der Waals surface area contributed by atoms with Crippen LogP contribution in [0.15, 0.2) is 22.7 Å². The third-order valence-corrected chi connectivity index (χ3v) is 3.51. The molecule has 1 atom stereocenters. The van der Waals surface area contributed by atoms with E-state index in [1.807, 2.05) is 30.0 Å². The molecule has 92 valence electrons. The molecule has 0 aromatic heterocycles. The molecule has 1 N–H and O–H groups in total. The molecular weight excluding hydrogens is 280 g/mol. The molecule has 1 aromatic rings. The molecule has 1 aliphatic heterocycles. The van der Waals surface area contributed by atoms with Crippen LogP contribution in [0.5, 0.6) is 0 Å². The Bertz CT molecular complexity index is 413. The SMILES string of the molecule is Cc1cc(Br)cc(C(=O)N2CCNC[C@H]2C)c1. The van der Waals surface area contributed by atoms with Crippen molar-refractivity contribution in [2.45, 2.75) is 19.9 Å². The van der Waals surface area contributed by atoms with Crippen molar-refractivity contribution in [1.82, 2.24) is 10.2 Å². The number of amides is 1. The van der Waals surface area contributed by atoms with Gasteiger partial charge in [-0.15, -0.1) is 0 Å². The molecule has 0 bridgehead atoms. The number of benzene rings is 1. The first-order valence-corrected chi connectivity index (χ1v) is 6.66. The number of rotatable bonds is 1. The van der Waals surface area contributed by atoms with E-state index < -0.39 is 0 Å². The van der Waals surface area contributed by atoms with E-state index in [0.717, 1.165) is 35.2 Å². The molecule has 0 spiro atoms. The second kappa shape index (κ2) is 5.19. The number of aryl methyl sites for hydroxylation is 1. The van der Waals surface area contributed by atoms with Crippen LogP contribution >= 0.6 is 15.9 Å². The molecule has 3 nitrogen and oxygen atoms in total. The van der Waals surface area contributed by atoms with Gasteiger partial charge in [0.2, 0.25) is 0 Å². The van der Waals surface area contributed by atoms with Crippen LogP contribution in [0.4, 0.5) is 0 Å². The molecule has 0 unspecified atom stereocenters. The summed E-state index contributed by atoms with van der Waals surface area (Å²) in [6.07, 6.45) is 0. The van der Waals surface area contributed by atoms with E-state index in [-0.39, 0.29) is 11.9 Å². The number of hydrogen-bond acceptors (Lipinski definition) is 2. The molecule has 1 aromatic carbocycles. The van der Waals surface area contributed by atoms with Gasteiger partial charge in [-0.1, -0.05) is 15.9 Å². The predicted octanol–water partition coefficient (Wildman–Crippen LogP) is 2.19. The van der Waals surface area contributed by atoms with Crippen LogP contribution in [-0.4, -0.2) is 36.5 Å². The van der Waals surface area contributed by atoms with Gasteiger partial charge in [0.15, 0.2) is 0 Å². The maximum atomic E-state index is 12.4. The lowest BCUT2D eigenvalue weighted by Gasteiger charge is -2.34. The van der Waals surface area contributed by atoms with Crippen molar-refractivity contribution in [3.8, 4) is 0 Å². The molecular formula is C13H17BrN2O. The van der Waals surface area contributed by atoms with Gasteiger partial charge in [-0.3, -0.25) is 4.79 Å². The van der Waals surface area contributed by atoms with Gasteiger partial charge in [-0.25, -0.2) is 0 Å². The number of carbonyl (C=O) groups is 1. The Morgan fingerprint density at radius 1 is 1.47 bits per heavy atom. The zero-order valence-corrected chi connectivity index (χ0v) is 11.8. The average Bonchev–Trinajstić information content (AvgIpc) is 2.27. The fraction of sp³-hybridized carbons (Fsp3) is 0.462. The van der Waals surface area contributed by atoms with E-state index in [0.29, 0.717) is 0 Å². The van der Waals surface area contributed by atoms with Crippen molar-refractivity contribution < 1.29 is 4.79 Å². The Balaban J connectivity index is 2.23. The van der Waals surface area contributed by atoms with E-state index in [2.05, 4.69) is 28.2 Å². The fourth-order valence-electron chi connectivity index (χ4n) is 2.17. The normalized spacial score (nSPS) is 20.4. The third kappa shape index (κ3) is 2.87. The quantitative estimate of drug-likeness (QED) is 0.862. The molecule has 17 heavy (non-hydrogen) atoms. The molecule has 0 aliphatic carbocycles. The largest absolute Gasteiger partial charge is 0.333 e. The lowest BCUT2D eigenvalue weighted by atomic mass is 10.1. The Morgan fingerprint density at radius 3 is 2.88 bits per heavy atom. The molecule has 0 radical (unpaired) electrons. The highest BCUT2D eigenvalue weighted by atomic mass is 79.9. The molecule has 0 saturated carbocycles. The highest BCUT2D eigenvalue weighted by Gasteiger charge is 2.24. The smallest absolute Gasteiger partial charge is 0.254 e. The summed E-state index contributed by atoms with van der Waals surface area (Å²) in [5.74, 6) is 0.128. The van der Waals surface area contributed by atoms with Crippen LogP contribution in [-0.2, 0) is 0 Å². The third-order valence-electron chi connectivity index (χ3n) is 3.05. The first kappa shape index (κ1) is 12.6. The molecule has 1 saturated heterocycles. The highest BCUT2D eigenvalue weighted by Crippen LogP contribution is 2.18. The van der Waals surface area contributed by atoms with E-state index >= 15 is 0 Å². The number of hydrogen-bond donors (Lipinski definition) is 1. The van der Waals surface area contributed by atoms with Gasteiger partial charge >= 0.3 is 0 Å². The molecule has 1 fully saturated rings. The number of nitrogens with zero attached hydrogens (tertiary/aromatic N) is 1. The number of nitrogens with one attached hydrogen (secondary N) is 1. The van der Waals surface area contributed by atoms with Crippen molar-refractivity contribution in [3.05, 3.63) is 33.8 Å². The summed E-state index contributed by atoms with van der Waals surface area (Å²) in [4.78, 5) is 14.3. The minimum atomic E-state index is 0.128. The Labute approximate surface area is 110 Å². The van der Waals surface area contributed by atoms with Crippen molar-refractivity contribution in [2.75, 3.05) is 19.6 Å². The predicted molar refractivity (Wildman–Crippen MR) is 72.2 cm³/mol.